The van der Waals surface area contributed by atoms with Crippen molar-refractivity contribution in [2.75, 3.05) is 38.7 Å². The van der Waals surface area contributed by atoms with E-state index in [1.54, 1.807) is 26.8 Å². The predicted octanol–water partition coefficient (Wildman–Crippen LogP) is 2.86. The Morgan fingerprint density at radius 1 is 1.12 bits per heavy atom. The number of hydrogen-bond acceptors (Lipinski definition) is 6. The van der Waals surface area contributed by atoms with Gasteiger partial charge >= 0.3 is 0 Å². The van der Waals surface area contributed by atoms with Gasteiger partial charge in [-0.2, -0.15) is 0 Å². The highest BCUT2D eigenvalue weighted by molar-refractivity contribution is 7.89. The maximum atomic E-state index is 12.9. The fourth-order valence-electron chi connectivity index (χ4n) is 3.45. The summed E-state index contributed by atoms with van der Waals surface area (Å²) in [5.74, 6) is -0.228. The normalized spacial score (nSPS) is 15.4. The number of rotatable bonds is 7. The van der Waals surface area contributed by atoms with Crippen LogP contribution in [0.1, 0.15) is 36.7 Å². The van der Waals surface area contributed by atoms with Crippen molar-refractivity contribution >= 4 is 21.6 Å². The minimum absolute atomic E-state index is 0.0800. The average Bonchev–Trinajstić information content (AvgIpc) is 2.72. The Morgan fingerprint density at radius 2 is 1.84 bits per heavy atom. The van der Waals surface area contributed by atoms with Crippen LogP contribution in [0.3, 0.4) is 0 Å². The Hall–Kier alpha value is -2.46. The maximum absolute atomic E-state index is 12.9. The second-order valence-corrected chi connectivity index (χ2v) is 10.4. The van der Waals surface area contributed by atoms with Gasteiger partial charge in [-0.25, -0.2) is 13.1 Å². The van der Waals surface area contributed by atoms with Gasteiger partial charge in [0.05, 0.1) is 20.3 Å². The van der Waals surface area contributed by atoms with Crippen LogP contribution in [0.2, 0.25) is 0 Å². The summed E-state index contributed by atoms with van der Waals surface area (Å²) in [5, 5.41) is 2.86. The molecule has 0 radical (unpaired) electrons. The fourth-order valence-corrected chi connectivity index (χ4v) is 5.07. The molecule has 174 valence electrons. The molecule has 0 atom stereocenters. The average molecular weight is 462 g/mol. The van der Waals surface area contributed by atoms with E-state index in [9.17, 15) is 13.2 Å². The number of amides is 1. The quantitative estimate of drug-likeness (QED) is 0.658. The molecule has 2 aromatic rings. The van der Waals surface area contributed by atoms with Gasteiger partial charge in [0.2, 0.25) is 10.0 Å². The van der Waals surface area contributed by atoms with Gasteiger partial charge in [0.25, 0.3) is 5.91 Å². The van der Waals surface area contributed by atoms with Crippen molar-refractivity contribution in [1.29, 1.82) is 0 Å². The van der Waals surface area contributed by atoms with E-state index in [1.807, 2.05) is 24.3 Å². The Bertz CT molecular complexity index is 1060. The topological polar surface area (TPSA) is 97.0 Å². The number of carbonyl (C=O) groups is 1. The van der Waals surface area contributed by atoms with Crippen LogP contribution in [0.25, 0.3) is 0 Å². The van der Waals surface area contributed by atoms with E-state index >= 15 is 0 Å². The molecule has 1 fully saturated rings. The van der Waals surface area contributed by atoms with Crippen LogP contribution in [0, 0.1) is 0 Å². The molecular formula is C23H31N3O5S. The summed E-state index contributed by atoms with van der Waals surface area (Å²) in [7, 11) is -2.49. The molecule has 1 amide bonds. The minimum atomic E-state index is -3.88. The molecule has 1 aliphatic rings. The largest absolute Gasteiger partial charge is 0.495 e. The number of benzene rings is 2. The Labute approximate surface area is 190 Å². The summed E-state index contributed by atoms with van der Waals surface area (Å²) in [6, 6.07) is 12.0. The number of sulfonamides is 1. The third-order valence-electron chi connectivity index (χ3n) is 4.85. The summed E-state index contributed by atoms with van der Waals surface area (Å²) >= 11 is 0. The summed E-state index contributed by atoms with van der Waals surface area (Å²) in [6.45, 7) is 9.22. The zero-order valence-corrected chi connectivity index (χ0v) is 19.8. The van der Waals surface area contributed by atoms with E-state index < -0.39 is 21.5 Å². The van der Waals surface area contributed by atoms with Crippen molar-refractivity contribution in [2.24, 2.45) is 0 Å². The molecule has 0 saturated carbocycles. The fraction of sp³-hybridized carbons (Fsp3) is 0.435. The van der Waals surface area contributed by atoms with Crippen LogP contribution < -0.4 is 14.8 Å². The van der Waals surface area contributed by atoms with Gasteiger partial charge in [0.15, 0.2) is 0 Å². The summed E-state index contributed by atoms with van der Waals surface area (Å²) in [4.78, 5) is 15.1. The highest BCUT2D eigenvalue weighted by Gasteiger charge is 2.26. The van der Waals surface area contributed by atoms with Gasteiger partial charge < -0.3 is 14.8 Å². The number of anilines is 1. The molecule has 1 saturated heterocycles. The van der Waals surface area contributed by atoms with Crippen molar-refractivity contribution in [3.05, 3.63) is 53.6 Å². The molecule has 2 aromatic carbocycles. The predicted molar refractivity (Wildman–Crippen MR) is 124 cm³/mol. The van der Waals surface area contributed by atoms with E-state index in [1.165, 1.54) is 19.2 Å². The van der Waals surface area contributed by atoms with Gasteiger partial charge in [0.1, 0.15) is 10.6 Å². The van der Waals surface area contributed by atoms with E-state index in [4.69, 9.17) is 9.47 Å². The van der Waals surface area contributed by atoms with Crippen LogP contribution in [0.4, 0.5) is 5.69 Å². The number of ether oxygens (including phenoxy) is 2. The molecule has 0 spiro atoms. The number of morpholine rings is 1. The number of nitrogens with one attached hydrogen (secondary N) is 2. The number of methoxy groups -OCH3 is 1. The lowest BCUT2D eigenvalue weighted by molar-refractivity contribution is 0.0342. The lowest BCUT2D eigenvalue weighted by atomic mass is 10.1. The monoisotopic (exact) mass is 461 g/mol. The lowest BCUT2D eigenvalue weighted by Gasteiger charge is -2.26. The lowest BCUT2D eigenvalue weighted by Crippen LogP contribution is -2.40. The first-order chi connectivity index (χ1) is 15.1. The van der Waals surface area contributed by atoms with Crippen LogP contribution in [-0.2, 0) is 21.3 Å². The molecule has 1 aliphatic heterocycles. The third-order valence-corrected chi connectivity index (χ3v) is 6.63. The van der Waals surface area contributed by atoms with Gasteiger partial charge in [-0.3, -0.25) is 9.69 Å². The summed E-state index contributed by atoms with van der Waals surface area (Å²) < 4.78 is 38.9. The van der Waals surface area contributed by atoms with Crippen LogP contribution in [0.15, 0.2) is 47.4 Å². The van der Waals surface area contributed by atoms with Crippen molar-refractivity contribution < 1.29 is 22.7 Å². The second-order valence-electron chi connectivity index (χ2n) is 8.76. The van der Waals surface area contributed by atoms with Crippen molar-refractivity contribution in [3.8, 4) is 5.75 Å². The molecule has 9 heteroatoms. The zero-order valence-electron chi connectivity index (χ0n) is 19.0. The van der Waals surface area contributed by atoms with E-state index in [-0.39, 0.29) is 16.2 Å². The molecular weight excluding hydrogens is 430 g/mol. The van der Waals surface area contributed by atoms with Gasteiger partial charge in [-0.05, 0) is 56.7 Å². The van der Waals surface area contributed by atoms with Gasteiger partial charge in [-0.1, -0.05) is 12.1 Å². The Morgan fingerprint density at radius 3 is 2.50 bits per heavy atom. The molecule has 2 N–H and O–H groups in total. The first-order valence-electron chi connectivity index (χ1n) is 10.5. The zero-order chi connectivity index (χ0) is 23.4. The highest BCUT2D eigenvalue weighted by Crippen LogP contribution is 2.26. The first-order valence-corrected chi connectivity index (χ1v) is 12.0. The molecule has 0 aromatic heterocycles. The molecule has 32 heavy (non-hydrogen) atoms. The maximum Gasteiger partial charge on any atom is 0.255 e. The number of carbonyl (C=O) groups excluding carboxylic acids is 1. The van der Waals surface area contributed by atoms with Gasteiger partial charge in [0, 0.05) is 36.4 Å². The van der Waals surface area contributed by atoms with Crippen LogP contribution >= 0.6 is 0 Å². The molecule has 0 bridgehead atoms. The van der Waals surface area contributed by atoms with Crippen molar-refractivity contribution in [3.63, 3.8) is 0 Å². The number of nitrogens with zero attached hydrogens (tertiary/aromatic N) is 1. The third kappa shape index (κ3) is 6.52. The summed E-state index contributed by atoms with van der Waals surface area (Å²) in [5.41, 5.74) is 1.27. The molecule has 1 heterocycles. The molecule has 0 unspecified atom stereocenters. The smallest absolute Gasteiger partial charge is 0.255 e. The minimum Gasteiger partial charge on any atom is -0.495 e. The second kappa shape index (κ2) is 9.99. The molecule has 0 aliphatic carbocycles. The van der Waals surface area contributed by atoms with E-state index in [0.29, 0.717) is 5.69 Å². The highest BCUT2D eigenvalue weighted by atomic mass is 32.2. The Balaban J connectivity index is 1.79. The van der Waals surface area contributed by atoms with E-state index in [2.05, 4.69) is 14.9 Å². The van der Waals surface area contributed by atoms with Crippen LogP contribution in [-0.4, -0.2) is 58.2 Å². The molecule has 8 nitrogen and oxygen atoms in total. The first kappa shape index (κ1) is 24.2. The van der Waals surface area contributed by atoms with Crippen LogP contribution in [0.5, 0.6) is 5.75 Å². The standard InChI is InChI=1S/C23H31N3O5S/c1-23(2,3)25-32(28,29)21-15-18(8-9-20(21)30-4)22(27)24-19-7-5-6-17(14-19)16-26-10-12-31-13-11-26/h5-9,14-15,25H,10-13,16H2,1-4H3,(H,24,27). The SMILES string of the molecule is COc1ccc(C(=O)Nc2cccc(CN3CCOCC3)c2)cc1S(=O)(=O)NC(C)(C)C. The van der Waals surface area contributed by atoms with Gasteiger partial charge in [-0.15, -0.1) is 0 Å². The van der Waals surface area contributed by atoms with Crippen molar-refractivity contribution in [2.45, 2.75) is 37.8 Å². The van der Waals surface area contributed by atoms with Crippen molar-refractivity contribution in [1.82, 2.24) is 9.62 Å². The number of hydrogen-bond donors (Lipinski definition) is 2. The summed E-state index contributed by atoms with van der Waals surface area (Å²) in [6.07, 6.45) is 0. The van der Waals surface area contributed by atoms with E-state index in [0.717, 1.165) is 38.4 Å². The molecule has 3 rings (SSSR count). The Kier molecular flexibility index (Phi) is 7.55.